The van der Waals surface area contributed by atoms with Crippen molar-refractivity contribution in [3.63, 3.8) is 0 Å². The van der Waals surface area contributed by atoms with Gasteiger partial charge in [0.2, 0.25) is 0 Å². The first-order chi connectivity index (χ1) is 7.59. The molecule has 2 rings (SSSR count). The summed E-state index contributed by atoms with van der Waals surface area (Å²) in [5.74, 6) is 0.401. The minimum absolute atomic E-state index is 0.106. The Balaban J connectivity index is 2.42. The van der Waals surface area contributed by atoms with Crippen LogP contribution in [0, 0.1) is 12.8 Å². The van der Waals surface area contributed by atoms with Crippen LogP contribution in [0.15, 0.2) is 24.4 Å². The predicted molar refractivity (Wildman–Crippen MR) is 66.6 cm³/mol. The summed E-state index contributed by atoms with van der Waals surface area (Å²) < 4.78 is 0. The molecule has 0 radical (unpaired) electrons. The summed E-state index contributed by atoms with van der Waals surface area (Å²) in [5.41, 5.74) is 3.46. The molecule has 1 heterocycles. The molecular formula is C14H17NO. The minimum Gasteiger partial charge on any atom is -0.361 e. The van der Waals surface area contributed by atoms with Crippen LogP contribution >= 0.6 is 0 Å². The van der Waals surface area contributed by atoms with E-state index in [1.54, 1.807) is 0 Å². The highest BCUT2D eigenvalue weighted by atomic mass is 16.1. The highest BCUT2D eigenvalue weighted by Crippen LogP contribution is 2.23. The van der Waals surface area contributed by atoms with Crippen LogP contribution in [0.4, 0.5) is 0 Å². The number of aryl methyl sites for hydroxylation is 1. The van der Waals surface area contributed by atoms with E-state index < -0.39 is 0 Å². The lowest BCUT2D eigenvalue weighted by atomic mass is 9.99. The number of Topliss-reactive ketones (excluding diaryl/α,β-unsaturated/α-hetero) is 1. The van der Waals surface area contributed by atoms with Gasteiger partial charge in [-0.05, 0) is 24.1 Å². The lowest BCUT2D eigenvalue weighted by Gasteiger charge is -2.04. The maximum absolute atomic E-state index is 11.8. The van der Waals surface area contributed by atoms with E-state index in [1.165, 1.54) is 10.9 Å². The Kier molecular flexibility index (Phi) is 2.82. The maximum atomic E-state index is 11.8. The number of fused-ring (bicyclic) bond motifs is 1. The lowest BCUT2D eigenvalue weighted by Crippen LogP contribution is -2.09. The van der Waals surface area contributed by atoms with Crippen LogP contribution in [-0.2, 0) is 11.2 Å². The number of aromatic nitrogens is 1. The smallest absolute Gasteiger partial charge is 0.139 e. The second-order valence-corrected chi connectivity index (χ2v) is 4.61. The number of rotatable bonds is 3. The molecule has 84 valence electrons. The van der Waals surface area contributed by atoms with Gasteiger partial charge in [-0.3, -0.25) is 4.79 Å². The molecule has 1 aromatic heterocycles. The van der Waals surface area contributed by atoms with Crippen LogP contribution in [0.5, 0.6) is 0 Å². The Hall–Kier alpha value is -1.57. The highest BCUT2D eigenvalue weighted by Gasteiger charge is 2.12. The molecular weight excluding hydrogens is 198 g/mol. The van der Waals surface area contributed by atoms with Gasteiger partial charge in [-0.1, -0.05) is 26.0 Å². The van der Waals surface area contributed by atoms with E-state index >= 15 is 0 Å². The number of ketones is 1. The fraction of sp³-hybridized carbons (Fsp3) is 0.357. The highest BCUT2D eigenvalue weighted by molar-refractivity contribution is 5.92. The van der Waals surface area contributed by atoms with Crippen molar-refractivity contribution in [1.29, 1.82) is 0 Å². The van der Waals surface area contributed by atoms with E-state index in [-0.39, 0.29) is 5.92 Å². The van der Waals surface area contributed by atoms with Crippen LogP contribution in [0.1, 0.15) is 25.0 Å². The predicted octanol–water partition coefficient (Wildman–Crippen LogP) is 3.24. The molecule has 0 saturated heterocycles. The average molecular weight is 215 g/mol. The molecule has 0 aliphatic carbocycles. The third-order valence-corrected chi connectivity index (χ3v) is 3.00. The van der Waals surface area contributed by atoms with Gasteiger partial charge in [-0.2, -0.15) is 0 Å². The molecule has 0 spiro atoms. The van der Waals surface area contributed by atoms with E-state index in [0.29, 0.717) is 12.2 Å². The van der Waals surface area contributed by atoms with Gasteiger partial charge in [-0.25, -0.2) is 0 Å². The zero-order chi connectivity index (χ0) is 11.7. The Morgan fingerprint density at radius 1 is 1.38 bits per heavy atom. The lowest BCUT2D eigenvalue weighted by molar-refractivity contribution is -0.121. The summed E-state index contributed by atoms with van der Waals surface area (Å²) in [6.07, 6.45) is 2.49. The number of benzene rings is 1. The SMILES string of the molecule is Cc1cccc2[nH]cc(CC(=O)C(C)C)c12. The van der Waals surface area contributed by atoms with Gasteiger partial charge in [0.15, 0.2) is 0 Å². The number of carbonyl (C=O) groups excluding carboxylic acids is 1. The molecule has 0 unspecified atom stereocenters. The van der Waals surface area contributed by atoms with Crippen LogP contribution in [0.25, 0.3) is 10.9 Å². The third-order valence-electron chi connectivity index (χ3n) is 3.00. The molecule has 1 aromatic carbocycles. The molecule has 0 saturated carbocycles. The van der Waals surface area contributed by atoms with Crippen LogP contribution in [0.2, 0.25) is 0 Å². The Labute approximate surface area is 95.7 Å². The number of aromatic amines is 1. The fourth-order valence-corrected chi connectivity index (χ4v) is 1.98. The number of hydrogen-bond acceptors (Lipinski definition) is 1. The number of H-pyrrole nitrogens is 1. The van der Waals surface area contributed by atoms with Crippen LogP contribution in [0.3, 0.4) is 0 Å². The quantitative estimate of drug-likeness (QED) is 0.837. The largest absolute Gasteiger partial charge is 0.361 e. The van der Waals surface area contributed by atoms with E-state index in [4.69, 9.17) is 0 Å². The first-order valence-electron chi connectivity index (χ1n) is 5.68. The van der Waals surface area contributed by atoms with Crippen molar-refractivity contribution in [1.82, 2.24) is 4.98 Å². The number of carbonyl (C=O) groups is 1. The fourth-order valence-electron chi connectivity index (χ4n) is 1.98. The molecule has 0 atom stereocenters. The monoisotopic (exact) mass is 215 g/mol. The molecule has 1 N–H and O–H groups in total. The summed E-state index contributed by atoms with van der Waals surface area (Å²) in [5, 5.41) is 1.21. The van der Waals surface area contributed by atoms with Crippen LogP contribution in [-0.4, -0.2) is 10.8 Å². The van der Waals surface area contributed by atoms with Gasteiger partial charge < -0.3 is 4.98 Å². The third kappa shape index (κ3) is 1.87. The normalized spacial score (nSPS) is 11.2. The van der Waals surface area contributed by atoms with Crippen molar-refractivity contribution in [2.45, 2.75) is 27.2 Å². The first-order valence-corrected chi connectivity index (χ1v) is 5.68. The minimum atomic E-state index is 0.106. The topological polar surface area (TPSA) is 32.9 Å². The number of nitrogens with one attached hydrogen (secondary N) is 1. The summed E-state index contributed by atoms with van der Waals surface area (Å²) >= 11 is 0. The Morgan fingerprint density at radius 2 is 2.12 bits per heavy atom. The van der Waals surface area contributed by atoms with Crippen molar-refractivity contribution < 1.29 is 4.79 Å². The molecule has 0 aliphatic rings. The summed E-state index contributed by atoms with van der Waals surface area (Å²) in [7, 11) is 0. The summed E-state index contributed by atoms with van der Waals surface area (Å²) in [6.45, 7) is 5.98. The van der Waals surface area contributed by atoms with Crippen molar-refractivity contribution >= 4 is 16.7 Å². The van der Waals surface area contributed by atoms with E-state index in [0.717, 1.165) is 11.1 Å². The van der Waals surface area contributed by atoms with E-state index in [2.05, 4.69) is 18.0 Å². The zero-order valence-corrected chi connectivity index (χ0v) is 10.0. The van der Waals surface area contributed by atoms with Crippen LogP contribution < -0.4 is 0 Å². The molecule has 0 fully saturated rings. The van der Waals surface area contributed by atoms with Gasteiger partial charge in [0.25, 0.3) is 0 Å². The molecule has 2 heteroatoms. The maximum Gasteiger partial charge on any atom is 0.139 e. The van der Waals surface area contributed by atoms with Gasteiger partial charge in [0, 0.05) is 29.4 Å². The van der Waals surface area contributed by atoms with Gasteiger partial charge in [-0.15, -0.1) is 0 Å². The standard InChI is InChI=1S/C14H17NO/c1-9(2)13(16)7-11-8-15-12-6-4-5-10(3)14(11)12/h4-6,8-9,15H,7H2,1-3H3. The Bertz CT molecular complexity index is 523. The van der Waals surface area contributed by atoms with Crippen molar-refractivity contribution in [3.8, 4) is 0 Å². The van der Waals surface area contributed by atoms with E-state index in [1.807, 2.05) is 32.2 Å². The van der Waals surface area contributed by atoms with Gasteiger partial charge in [0.05, 0.1) is 0 Å². The molecule has 2 aromatic rings. The van der Waals surface area contributed by atoms with Gasteiger partial charge >= 0.3 is 0 Å². The molecule has 0 amide bonds. The summed E-state index contributed by atoms with van der Waals surface area (Å²) in [6, 6.07) is 6.16. The summed E-state index contributed by atoms with van der Waals surface area (Å²) in [4.78, 5) is 15.0. The second kappa shape index (κ2) is 4.12. The van der Waals surface area contributed by atoms with Crippen molar-refractivity contribution in [2.24, 2.45) is 5.92 Å². The van der Waals surface area contributed by atoms with E-state index in [9.17, 15) is 4.79 Å². The van der Waals surface area contributed by atoms with Crippen molar-refractivity contribution in [2.75, 3.05) is 0 Å². The number of hydrogen-bond donors (Lipinski definition) is 1. The zero-order valence-electron chi connectivity index (χ0n) is 10.0. The molecule has 2 nitrogen and oxygen atoms in total. The first kappa shape index (κ1) is 10.9. The average Bonchev–Trinajstić information content (AvgIpc) is 2.63. The Morgan fingerprint density at radius 3 is 2.81 bits per heavy atom. The van der Waals surface area contributed by atoms with Crippen molar-refractivity contribution in [3.05, 3.63) is 35.5 Å². The molecule has 0 bridgehead atoms. The van der Waals surface area contributed by atoms with Gasteiger partial charge in [0.1, 0.15) is 5.78 Å². The second-order valence-electron chi connectivity index (χ2n) is 4.61. The molecule has 0 aliphatic heterocycles. The molecule has 16 heavy (non-hydrogen) atoms.